The SMILES string of the molecule is O=C(Cc1cccc(C(F)(F)F)c1)N1CCc2nc(C3(c4cccc(C5=CCCC5)c4)CC3)[nH]c(=O)c2C1. The van der Waals surface area contributed by atoms with Crippen LogP contribution in [-0.2, 0) is 35.8 Å². The van der Waals surface area contributed by atoms with Crippen LogP contribution >= 0.6 is 0 Å². The zero-order valence-electron chi connectivity index (χ0n) is 20.9. The van der Waals surface area contributed by atoms with Crippen molar-refractivity contribution in [2.45, 2.75) is 63.1 Å². The van der Waals surface area contributed by atoms with E-state index >= 15 is 0 Å². The number of benzene rings is 2. The molecule has 1 amide bonds. The Morgan fingerprint density at radius 2 is 1.89 bits per heavy atom. The van der Waals surface area contributed by atoms with Gasteiger partial charge in [-0.3, -0.25) is 9.59 Å². The minimum absolute atomic E-state index is 0.104. The Kier molecular flexibility index (Phi) is 6.00. The summed E-state index contributed by atoms with van der Waals surface area (Å²) in [6.45, 7) is 0.476. The minimum Gasteiger partial charge on any atom is -0.337 e. The van der Waals surface area contributed by atoms with Crippen molar-refractivity contribution in [3.8, 4) is 0 Å². The lowest BCUT2D eigenvalue weighted by Crippen LogP contribution is -2.41. The lowest BCUT2D eigenvalue weighted by atomic mass is 9.91. The number of rotatable bonds is 5. The van der Waals surface area contributed by atoms with Crippen LogP contribution in [0, 0.1) is 0 Å². The highest BCUT2D eigenvalue weighted by Gasteiger charge is 2.49. The van der Waals surface area contributed by atoms with Gasteiger partial charge in [0.2, 0.25) is 5.91 Å². The van der Waals surface area contributed by atoms with E-state index in [1.807, 2.05) is 0 Å². The fourth-order valence-electron chi connectivity index (χ4n) is 5.75. The first-order chi connectivity index (χ1) is 18.2. The molecule has 2 aromatic carbocycles. The molecule has 1 fully saturated rings. The first kappa shape index (κ1) is 24.6. The van der Waals surface area contributed by atoms with E-state index < -0.39 is 11.7 Å². The van der Waals surface area contributed by atoms with Gasteiger partial charge in [0, 0.05) is 13.0 Å². The number of H-pyrrole nitrogens is 1. The standard InChI is InChI=1S/C30H28F3N3O2/c31-30(32,33)23-10-3-5-19(15-23)16-26(37)36-14-11-25-24(18-36)27(38)35-28(34-25)29(12-13-29)22-9-4-8-21(17-22)20-6-1-2-7-20/h3-6,8-10,15,17H,1-2,7,11-14,16,18H2,(H,34,35,38). The summed E-state index contributed by atoms with van der Waals surface area (Å²) in [5.41, 5.74) is 3.92. The molecule has 1 aliphatic heterocycles. The molecule has 1 aromatic heterocycles. The molecule has 0 bridgehead atoms. The van der Waals surface area contributed by atoms with Crippen LogP contribution in [0.1, 0.15) is 71.4 Å². The van der Waals surface area contributed by atoms with Gasteiger partial charge in [-0.2, -0.15) is 13.2 Å². The smallest absolute Gasteiger partial charge is 0.337 e. The number of amides is 1. The van der Waals surface area contributed by atoms with Crippen molar-refractivity contribution >= 4 is 11.5 Å². The molecule has 196 valence electrons. The predicted octanol–water partition coefficient (Wildman–Crippen LogP) is 5.56. The van der Waals surface area contributed by atoms with Crippen molar-refractivity contribution in [2.75, 3.05) is 6.54 Å². The number of hydrogen-bond donors (Lipinski definition) is 1. The van der Waals surface area contributed by atoms with E-state index in [9.17, 15) is 22.8 Å². The number of halogens is 3. The Balaban J connectivity index is 1.21. The maximum Gasteiger partial charge on any atom is 0.416 e. The summed E-state index contributed by atoms with van der Waals surface area (Å²) in [6.07, 6.45) is 3.34. The number of aromatic nitrogens is 2. The Bertz CT molecular complexity index is 1500. The minimum atomic E-state index is -4.46. The van der Waals surface area contributed by atoms with Crippen molar-refractivity contribution in [3.05, 3.63) is 104 Å². The number of aromatic amines is 1. The monoisotopic (exact) mass is 519 g/mol. The number of carbonyl (C=O) groups excluding carboxylic acids is 1. The van der Waals surface area contributed by atoms with Gasteiger partial charge in [0.25, 0.3) is 5.56 Å². The lowest BCUT2D eigenvalue weighted by molar-refractivity contribution is -0.138. The lowest BCUT2D eigenvalue weighted by Gasteiger charge is -2.29. The second kappa shape index (κ2) is 9.26. The van der Waals surface area contributed by atoms with Gasteiger partial charge in [-0.1, -0.05) is 48.5 Å². The summed E-state index contributed by atoms with van der Waals surface area (Å²) in [4.78, 5) is 35.5. The third-order valence-corrected chi connectivity index (χ3v) is 8.06. The van der Waals surface area contributed by atoms with Crippen LogP contribution < -0.4 is 5.56 Å². The molecule has 0 radical (unpaired) electrons. The number of nitrogens with one attached hydrogen (secondary N) is 1. The molecule has 0 saturated heterocycles. The van der Waals surface area contributed by atoms with Gasteiger partial charge in [0.05, 0.1) is 35.2 Å². The number of hydrogen-bond acceptors (Lipinski definition) is 3. The van der Waals surface area contributed by atoms with Gasteiger partial charge in [0.1, 0.15) is 5.82 Å². The molecule has 0 spiro atoms. The van der Waals surface area contributed by atoms with E-state index in [0.29, 0.717) is 35.6 Å². The van der Waals surface area contributed by atoms with Crippen molar-refractivity contribution < 1.29 is 18.0 Å². The normalized spacial score (nSPS) is 18.2. The maximum atomic E-state index is 13.2. The highest BCUT2D eigenvalue weighted by atomic mass is 19.4. The zero-order chi connectivity index (χ0) is 26.5. The van der Waals surface area contributed by atoms with Crippen molar-refractivity contribution in [2.24, 2.45) is 0 Å². The van der Waals surface area contributed by atoms with Gasteiger partial charge in [0.15, 0.2) is 0 Å². The van der Waals surface area contributed by atoms with Crippen LogP contribution in [0.4, 0.5) is 13.2 Å². The Labute approximate surface area is 218 Å². The van der Waals surface area contributed by atoms with E-state index in [-0.39, 0.29) is 29.8 Å². The van der Waals surface area contributed by atoms with E-state index in [1.54, 1.807) is 0 Å². The van der Waals surface area contributed by atoms with Gasteiger partial charge in [-0.05, 0) is 60.4 Å². The molecule has 38 heavy (non-hydrogen) atoms. The van der Waals surface area contributed by atoms with E-state index in [4.69, 9.17) is 4.98 Å². The summed E-state index contributed by atoms with van der Waals surface area (Å²) < 4.78 is 39.1. The zero-order valence-corrected chi connectivity index (χ0v) is 20.9. The third kappa shape index (κ3) is 4.57. The molecule has 8 heteroatoms. The van der Waals surface area contributed by atoms with Gasteiger partial charge < -0.3 is 9.88 Å². The van der Waals surface area contributed by atoms with Crippen LogP contribution in [-0.4, -0.2) is 27.3 Å². The summed E-state index contributed by atoms with van der Waals surface area (Å²) in [7, 11) is 0. The van der Waals surface area contributed by atoms with Crippen LogP contribution in [0.15, 0.2) is 59.4 Å². The summed E-state index contributed by atoms with van der Waals surface area (Å²) in [6, 6.07) is 13.4. The average Bonchev–Trinajstić information content (AvgIpc) is 3.54. The summed E-state index contributed by atoms with van der Waals surface area (Å²) in [5.74, 6) is 0.373. The molecule has 0 unspecified atom stereocenters. The molecular weight excluding hydrogens is 491 g/mol. The van der Waals surface area contributed by atoms with Crippen LogP contribution in [0.5, 0.6) is 0 Å². The number of fused-ring (bicyclic) bond motifs is 1. The molecule has 6 rings (SSSR count). The number of carbonyl (C=O) groups is 1. The number of alkyl halides is 3. The van der Waals surface area contributed by atoms with Crippen LogP contribution in [0.25, 0.3) is 5.57 Å². The van der Waals surface area contributed by atoms with Crippen LogP contribution in [0.3, 0.4) is 0 Å². The van der Waals surface area contributed by atoms with Crippen LogP contribution in [0.2, 0.25) is 0 Å². The first-order valence-electron chi connectivity index (χ1n) is 13.1. The first-order valence-corrected chi connectivity index (χ1v) is 13.1. The third-order valence-electron chi connectivity index (χ3n) is 8.06. The fraction of sp³-hybridized carbons (Fsp3) is 0.367. The molecule has 0 atom stereocenters. The highest BCUT2D eigenvalue weighted by Crippen LogP contribution is 2.52. The molecule has 1 N–H and O–H groups in total. The highest BCUT2D eigenvalue weighted by molar-refractivity contribution is 5.79. The van der Waals surface area contributed by atoms with Crippen molar-refractivity contribution in [1.29, 1.82) is 0 Å². The Morgan fingerprint density at radius 1 is 1.08 bits per heavy atom. The number of nitrogens with zero attached hydrogens (tertiary/aromatic N) is 2. The molecule has 2 heterocycles. The van der Waals surface area contributed by atoms with Crippen molar-refractivity contribution in [1.82, 2.24) is 14.9 Å². The Morgan fingerprint density at radius 3 is 2.63 bits per heavy atom. The fourth-order valence-corrected chi connectivity index (χ4v) is 5.75. The molecule has 1 saturated carbocycles. The molecule has 3 aliphatic rings. The van der Waals surface area contributed by atoms with E-state index in [1.165, 1.54) is 40.2 Å². The van der Waals surface area contributed by atoms with E-state index in [0.717, 1.165) is 37.8 Å². The average molecular weight is 520 g/mol. The summed E-state index contributed by atoms with van der Waals surface area (Å²) in [5, 5.41) is 0. The van der Waals surface area contributed by atoms with Gasteiger partial charge in [-0.25, -0.2) is 4.98 Å². The second-order valence-corrected chi connectivity index (χ2v) is 10.6. The summed E-state index contributed by atoms with van der Waals surface area (Å²) >= 11 is 0. The van der Waals surface area contributed by atoms with Gasteiger partial charge in [-0.15, -0.1) is 0 Å². The Hall–Kier alpha value is -3.68. The quantitative estimate of drug-likeness (QED) is 0.480. The molecule has 2 aliphatic carbocycles. The van der Waals surface area contributed by atoms with Gasteiger partial charge >= 0.3 is 6.18 Å². The van der Waals surface area contributed by atoms with Crippen molar-refractivity contribution in [3.63, 3.8) is 0 Å². The molecule has 3 aromatic rings. The topological polar surface area (TPSA) is 66.1 Å². The predicted molar refractivity (Wildman–Crippen MR) is 137 cm³/mol. The largest absolute Gasteiger partial charge is 0.416 e. The van der Waals surface area contributed by atoms with E-state index in [2.05, 4.69) is 35.3 Å². The second-order valence-electron chi connectivity index (χ2n) is 10.6. The maximum absolute atomic E-state index is 13.2. The molecular formula is C30H28F3N3O2. The number of allylic oxidation sites excluding steroid dienone is 2. The molecule has 5 nitrogen and oxygen atoms in total.